The quantitative estimate of drug-likeness (QED) is 0.350. The van der Waals surface area contributed by atoms with Gasteiger partial charge in [0.05, 0.1) is 0 Å². The zero-order valence-electron chi connectivity index (χ0n) is 15.6. The van der Waals surface area contributed by atoms with Gasteiger partial charge in [-0.3, -0.25) is 0 Å². The van der Waals surface area contributed by atoms with Crippen LogP contribution in [-0.2, 0) is 0 Å². The summed E-state index contributed by atoms with van der Waals surface area (Å²) in [6.07, 6.45) is 0. The largest absolute Gasteiger partial charge is 0.331 e. The third-order valence-corrected chi connectivity index (χ3v) is 0.500. The van der Waals surface area contributed by atoms with Crippen molar-refractivity contribution in [3.05, 3.63) is 52.6 Å². The Balaban J connectivity index is -0.0000000191. The second kappa shape index (κ2) is 248. The molecule has 0 aliphatic heterocycles. The van der Waals surface area contributed by atoms with E-state index in [1.54, 1.807) is 0 Å². The standard InChI is InChI=1S/3C2H8N2.C2H7N.4C2H4/c3*3-1-2-4;1-2-3;4*1-2/h3*1-4H2;2-3H2,1H3;4*1-2H2. The maximum atomic E-state index is 4.90. The minimum atomic E-state index is 0.597. The summed E-state index contributed by atoms with van der Waals surface area (Å²) in [6.45, 7) is 30.2. The highest BCUT2D eigenvalue weighted by atomic mass is 14.6. The summed E-state index contributed by atoms with van der Waals surface area (Å²) >= 11 is 0. The molecule has 0 heterocycles. The van der Waals surface area contributed by atoms with Crippen LogP contribution in [0.5, 0.6) is 0 Å². The number of rotatable bonds is 3. The van der Waals surface area contributed by atoms with Gasteiger partial charge in [0.1, 0.15) is 0 Å². The van der Waals surface area contributed by atoms with E-state index in [1.165, 1.54) is 0 Å². The van der Waals surface area contributed by atoms with Crippen LogP contribution in [0, 0.1) is 0 Å². The van der Waals surface area contributed by atoms with E-state index in [1.807, 2.05) is 6.92 Å². The third kappa shape index (κ3) is 2560. The van der Waals surface area contributed by atoms with Crippen LogP contribution >= 0.6 is 0 Å². The van der Waals surface area contributed by atoms with E-state index in [9.17, 15) is 0 Å². The van der Waals surface area contributed by atoms with Crippen molar-refractivity contribution in [1.29, 1.82) is 0 Å². The van der Waals surface area contributed by atoms with Crippen LogP contribution in [0.3, 0.4) is 0 Å². The van der Waals surface area contributed by atoms with Crippen LogP contribution < -0.4 is 40.1 Å². The van der Waals surface area contributed by atoms with Crippen LogP contribution in [0.25, 0.3) is 0 Å². The number of hydrogen-bond donors (Lipinski definition) is 7. The Morgan fingerprint density at radius 1 is 0.391 bits per heavy atom. The van der Waals surface area contributed by atoms with E-state index < -0.39 is 0 Å². The fourth-order valence-electron chi connectivity index (χ4n) is 0. The first-order valence-corrected chi connectivity index (χ1v) is 7.06. The van der Waals surface area contributed by atoms with E-state index in [0.717, 1.165) is 6.54 Å². The Hall–Kier alpha value is -1.32. The predicted molar refractivity (Wildman–Crippen MR) is 114 cm³/mol. The third-order valence-electron chi connectivity index (χ3n) is 0.500. The molecule has 0 aliphatic carbocycles. The van der Waals surface area contributed by atoms with Crippen molar-refractivity contribution in [2.75, 3.05) is 45.8 Å². The number of hydrogen-bond acceptors (Lipinski definition) is 7. The molecule has 0 saturated heterocycles. The van der Waals surface area contributed by atoms with Gasteiger partial charge in [-0.25, -0.2) is 0 Å². The van der Waals surface area contributed by atoms with Gasteiger partial charge in [-0.05, 0) is 6.54 Å². The second-order valence-corrected chi connectivity index (χ2v) is 2.14. The highest BCUT2D eigenvalue weighted by molar-refractivity contribution is 4.27. The van der Waals surface area contributed by atoms with E-state index in [0.29, 0.717) is 39.3 Å². The van der Waals surface area contributed by atoms with Gasteiger partial charge in [0.25, 0.3) is 0 Å². The summed E-state index contributed by atoms with van der Waals surface area (Å²) in [5.74, 6) is 0. The fraction of sp³-hybridized carbons (Fsp3) is 0.500. The molecule has 0 unspecified atom stereocenters. The SMILES string of the molecule is C=C.C=C.C=C.C=C.CCN.NCCN.NCCN.NCCN. The molecule has 0 aromatic rings. The van der Waals surface area contributed by atoms with Crippen molar-refractivity contribution in [2.24, 2.45) is 40.1 Å². The molecule has 7 nitrogen and oxygen atoms in total. The Labute approximate surface area is 146 Å². The summed E-state index contributed by atoms with van der Waals surface area (Å²) in [6, 6.07) is 0. The van der Waals surface area contributed by atoms with Gasteiger partial charge >= 0.3 is 0 Å². The second-order valence-electron chi connectivity index (χ2n) is 2.14. The summed E-state index contributed by atoms with van der Waals surface area (Å²) in [5, 5.41) is 0. The summed E-state index contributed by atoms with van der Waals surface area (Å²) < 4.78 is 0. The van der Waals surface area contributed by atoms with E-state index in [-0.39, 0.29) is 0 Å². The van der Waals surface area contributed by atoms with Gasteiger partial charge in [-0.1, -0.05) is 6.92 Å². The monoisotopic (exact) mass is 337 g/mol. The predicted octanol–water partition coefficient (Wildman–Crippen LogP) is -0.115. The summed E-state index contributed by atoms with van der Waals surface area (Å²) in [7, 11) is 0. The lowest BCUT2D eigenvalue weighted by Crippen LogP contribution is -2.11. The molecule has 0 fully saturated rings. The molecule has 7 heteroatoms. The maximum Gasteiger partial charge on any atom is 0.00461 e. The van der Waals surface area contributed by atoms with Gasteiger partial charge in [-0.2, -0.15) is 0 Å². The molecule has 0 amide bonds. The molecule has 0 atom stereocenters. The van der Waals surface area contributed by atoms with Crippen LogP contribution in [-0.4, -0.2) is 45.8 Å². The summed E-state index contributed by atoms with van der Waals surface area (Å²) in [5.41, 5.74) is 34.3. The number of nitrogens with two attached hydrogens (primary N) is 7. The molecular formula is C16H47N7. The molecule has 0 spiro atoms. The first-order chi connectivity index (χ1) is 11.2. The van der Waals surface area contributed by atoms with Crippen LogP contribution in [0.1, 0.15) is 6.92 Å². The van der Waals surface area contributed by atoms with Gasteiger partial charge in [0.15, 0.2) is 0 Å². The van der Waals surface area contributed by atoms with Crippen molar-refractivity contribution < 1.29 is 0 Å². The van der Waals surface area contributed by atoms with Crippen molar-refractivity contribution in [2.45, 2.75) is 6.92 Å². The molecule has 14 N–H and O–H groups in total. The lowest BCUT2D eigenvalue weighted by Gasteiger charge is -1.72. The van der Waals surface area contributed by atoms with Crippen LogP contribution in [0.2, 0.25) is 0 Å². The van der Waals surface area contributed by atoms with E-state index >= 15 is 0 Å². The van der Waals surface area contributed by atoms with Crippen molar-refractivity contribution in [3.63, 3.8) is 0 Å². The topological polar surface area (TPSA) is 182 Å². The first kappa shape index (κ1) is 49.5. The van der Waals surface area contributed by atoms with Gasteiger partial charge in [-0.15, -0.1) is 52.6 Å². The molecule has 0 rings (SSSR count). The Morgan fingerprint density at radius 2 is 0.435 bits per heavy atom. The van der Waals surface area contributed by atoms with Crippen LogP contribution in [0.15, 0.2) is 52.6 Å². The van der Waals surface area contributed by atoms with Gasteiger partial charge < -0.3 is 40.1 Å². The fourth-order valence-corrected chi connectivity index (χ4v) is 0. The molecule has 0 bridgehead atoms. The summed E-state index contributed by atoms with van der Waals surface area (Å²) in [4.78, 5) is 0. The Morgan fingerprint density at radius 3 is 0.435 bits per heavy atom. The lowest BCUT2D eigenvalue weighted by atomic mass is 10.7. The molecule has 0 aromatic carbocycles. The maximum absolute atomic E-state index is 4.90. The van der Waals surface area contributed by atoms with Gasteiger partial charge in [0.2, 0.25) is 0 Å². The smallest absolute Gasteiger partial charge is 0.00461 e. The van der Waals surface area contributed by atoms with Gasteiger partial charge in [0, 0.05) is 39.3 Å². The molecule has 23 heavy (non-hydrogen) atoms. The minimum absolute atomic E-state index is 0.597. The molecule has 0 radical (unpaired) electrons. The molecule has 146 valence electrons. The zero-order valence-corrected chi connectivity index (χ0v) is 15.6. The normalized spacial score (nSPS) is 5.39. The Bertz CT molecular complexity index is 73.0. The minimum Gasteiger partial charge on any atom is -0.331 e. The highest BCUT2D eigenvalue weighted by Gasteiger charge is 1.55. The van der Waals surface area contributed by atoms with Crippen molar-refractivity contribution >= 4 is 0 Å². The average molecular weight is 338 g/mol. The zero-order chi connectivity index (χ0) is 20.9. The van der Waals surface area contributed by atoms with Crippen molar-refractivity contribution in [1.82, 2.24) is 0 Å². The van der Waals surface area contributed by atoms with Crippen LogP contribution in [0.4, 0.5) is 0 Å². The average Bonchev–Trinajstić information content (AvgIpc) is 2.68. The molecule has 0 aliphatic rings. The van der Waals surface area contributed by atoms with Crippen molar-refractivity contribution in [3.8, 4) is 0 Å². The molecule has 0 aromatic heterocycles. The first-order valence-electron chi connectivity index (χ1n) is 7.06. The highest BCUT2D eigenvalue weighted by Crippen LogP contribution is 1.25. The molecule has 0 saturated carbocycles. The molecular weight excluding hydrogens is 290 g/mol. The van der Waals surface area contributed by atoms with E-state index in [4.69, 9.17) is 40.1 Å². The Kier molecular flexibility index (Phi) is 535. The van der Waals surface area contributed by atoms with E-state index in [2.05, 4.69) is 52.6 Å². The lowest BCUT2D eigenvalue weighted by molar-refractivity contribution is 0.976.